The van der Waals surface area contributed by atoms with E-state index in [1.807, 2.05) is 36.4 Å². The van der Waals surface area contributed by atoms with Crippen molar-refractivity contribution in [3.05, 3.63) is 86.9 Å². The van der Waals surface area contributed by atoms with E-state index in [-0.39, 0.29) is 24.9 Å². The predicted molar refractivity (Wildman–Crippen MR) is 176 cm³/mol. The molecule has 0 aliphatic carbocycles. The molecule has 240 valence electrons. The minimum atomic E-state index is -0.309. The minimum Gasteiger partial charge on any atom is -0.496 e. The van der Waals surface area contributed by atoms with Gasteiger partial charge in [0.2, 0.25) is 5.88 Å². The van der Waals surface area contributed by atoms with Gasteiger partial charge in [-0.15, -0.1) is 0 Å². The maximum absolute atomic E-state index is 13.6. The number of carbonyl (C=O) groups is 1. The molecule has 0 saturated carbocycles. The molecule has 2 aliphatic rings. The normalized spacial score (nSPS) is 15.3. The first kappa shape index (κ1) is 32.3. The topological polar surface area (TPSA) is 121 Å². The first-order valence-electron chi connectivity index (χ1n) is 15.1. The minimum absolute atomic E-state index is 0.0391. The molecule has 0 radical (unpaired) electrons. The summed E-state index contributed by atoms with van der Waals surface area (Å²) in [5, 5.41) is 19.9. The van der Waals surface area contributed by atoms with Crippen LogP contribution in [0.15, 0.2) is 48.7 Å². The van der Waals surface area contributed by atoms with Crippen LogP contribution in [0.25, 0.3) is 22.4 Å². The zero-order valence-corrected chi connectivity index (χ0v) is 27.2. The number of aliphatic hydroxyl groups is 2. The SMILES string of the molecule is COc1cc(C(=O)Cc2cccc(-c3cccc(-c4cnc(CN5CC(O)C5)c(OC)n4)c3Cl)c2Cl)nc2c1CCN(CCO)C2. The number of nitrogens with zero attached hydrogens (tertiary/aromatic N) is 5. The van der Waals surface area contributed by atoms with E-state index in [0.717, 1.165) is 24.2 Å². The molecule has 0 bridgehead atoms. The van der Waals surface area contributed by atoms with Crippen molar-refractivity contribution in [2.45, 2.75) is 32.0 Å². The van der Waals surface area contributed by atoms with Crippen molar-refractivity contribution in [2.24, 2.45) is 0 Å². The van der Waals surface area contributed by atoms with E-state index in [4.69, 9.17) is 42.6 Å². The van der Waals surface area contributed by atoms with Gasteiger partial charge >= 0.3 is 0 Å². The fourth-order valence-corrected chi connectivity index (χ4v) is 6.64. The van der Waals surface area contributed by atoms with Crippen LogP contribution in [0.3, 0.4) is 0 Å². The first-order valence-corrected chi connectivity index (χ1v) is 15.8. The lowest BCUT2D eigenvalue weighted by Crippen LogP contribution is -2.50. The Hall–Kier alpha value is -3.64. The summed E-state index contributed by atoms with van der Waals surface area (Å²) < 4.78 is 11.2. The Morgan fingerprint density at radius 1 is 1.00 bits per heavy atom. The van der Waals surface area contributed by atoms with Gasteiger partial charge in [-0.3, -0.25) is 19.6 Å². The number of methoxy groups -OCH3 is 2. The molecular formula is C34H35Cl2N5O5. The van der Waals surface area contributed by atoms with E-state index in [1.54, 1.807) is 26.5 Å². The maximum atomic E-state index is 13.6. The molecular weight excluding hydrogens is 629 g/mol. The second-order valence-electron chi connectivity index (χ2n) is 11.5. The Labute approximate surface area is 277 Å². The van der Waals surface area contributed by atoms with Crippen molar-refractivity contribution < 1.29 is 24.5 Å². The van der Waals surface area contributed by atoms with Gasteiger partial charge in [-0.05, 0) is 12.0 Å². The van der Waals surface area contributed by atoms with Crippen LogP contribution in [0.4, 0.5) is 0 Å². The van der Waals surface area contributed by atoms with Crippen LogP contribution in [0.5, 0.6) is 11.6 Å². The molecule has 2 aliphatic heterocycles. The summed E-state index contributed by atoms with van der Waals surface area (Å²) in [6.07, 6.45) is 2.13. The smallest absolute Gasteiger partial charge is 0.237 e. The number of rotatable bonds is 11. The van der Waals surface area contributed by atoms with Crippen LogP contribution in [0, 0.1) is 0 Å². The Balaban J connectivity index is 1.26. The van der Waals surface area contributed by atoms with Crippen molar-refractivity contribution in [1.29, 1.82) is 0 Å². The summed E-state index contributed by atoms with van der Waals surface area (Å²) in [6.45, 7) is 3.65. The highest BCUT2D eigenvalue weighted by Gasteiger charge is 2.27. The summed E-state index contributed by atoms with van der Waals surface area (Å²) in [6, 6.07) is 12.9. The quantitative estimate of drug-likeness (QED) is 0.222. The summed E-state index contributed by atoms with van der Waals surface area (Å²) in [5.41, 5.74) is 6.00. The molecule has 0 amide bonds. The average Bonchev–Trinajstić information content (AvgIpc) is 3.05. The van der Waals surface area contributed by atoms with Gasteiger partial charge < -0.3 is 19.7 Å². The summed E-state index contributed by atoms with van der Waals surface area (Å²) >= 11 is 14.0. The Bertz CT molecular complexity index is 1760. The number of hydrogen-bond donors (Lipinski definition) is 2. The second kappa shape index (κ2) is 14.0. The average molecular weight is 665 g/mol. The number of ether oxygens (including phenoxy) is 2. The van der Waals surface area contributed by atoms with Crippen molar-refractivity contribution in [3.63, 3.8) is 0 Å². The van der Waals surface area contributed by atoms with Crippen LogP contribution in [-0.2, 0) is 25.9 Å². The molecule has 0 unspecified atom stereocenters. The van der Waals surface area contributed by atoms with Gasteiger partial charge in [0, 0.05) is 74.0 Å². The molecule has 10 nitrogen and oxygen atoms in total. The third kappa shape index (κ3) is 6.60. The number of aliphatic hydroxyl groups excluding tert-OH is 2. The lowest BCUT2D eigenvalue weighted by Gasteiger charge is -2.35. The van der Waals surface area contributed by atoms with Gasteiger partial charge in [0.05, 0.1) is 54.6 Å². The van der Waals surface area contributed by atoms with E-state index in [0.29, 0.717) is 93.7 Å². The Morgan fingerprint density at radius 3 is 2.46 bits per heavy atom. The number of likely N-dealkylation sites (tertiary alicyclic amines) is 1. The fourth-order valence-electron chi connectivity index (χ4n) is 6.02. The van der Waals surface area contributed by atoms with Crippen LogP contribution in [0.1, 0.15) is 33.0 Å². The van der Waals surface area contributed by atoms with Gasteiger partial charge in [-0.25, -0.2) is 9.97 Å². The Morgan fingerprint density at radius 2 is 1.74 bits per heavy atom. The van der Waals surface area contributed by atoms with E-state index in [1.165, 1.54) is 0 Å². The van der Waals surface area contributed by atoms with Gasteiger partial charge in [0.15, 0.2) is 5.78 Å². The van der Waals surface area contributed by atoms with Crippen molar-refractivity contribution in [2.75, 3.05) is 47.0 Å². The number of halogens is 2. The largest absolute Gasteiger partial charge is 0.496 e. The van der Waals surface area contributed by atoms with Crippen LogP contribution < -0.4 is 9.47 Å². The van der Waals surface area contributed by atoms with Crippen molar-refractivity contribution in [3.8, 4) is 34.0 Å². The highest BCUT2D eigenvalue weighted by molar-refractivity contribution is 6.38. The lowest BCUT2D eigenvalue weighted by atomic mass is 9.97. The number of hydrogen-bond acceptors (Lipinski definition) is 10. The third-order valence-corrected chi connectivity index (χ3v) is 9.31. The van der Waals surface area contributed by atoms with E-state index >= 15 is 0 Å². The van der Waals surface area contributed by atoms with Crippen molar-refractivity contribution >= 4 is 29.0 Å². The molecule has 1 saturated heterocycles. The summed E-state index contributed by atoms with van der Waals surface area (Å²) in [4.78, 5) is 31.8. The molecule has 12 heteroatoms. The fraction of sp³-hybridized carbons (Fsp3) is 0.353. The number of aromatic nitrogens is 3. The standard InChI is InChI=1S/C34H35Cl2N5O5/c1-45-31-14-26(38-28-18-40(11-12-42)10-9-24(28)31)30(44)13-20-5-3-6-22(32(20)35)23-7-4-8-25(33(23)36)27-15-37-29(34(39-27)46-2)19-41-16-21(43)17-41/h3-8,14-15,21,42-43H,9-13,16-19H2,1-2H3. The molecule has 2 aromatic carbocycles. The second-order valence-corrected chi connectivity index (χ2v) is 12.2. The highest BCUT2D eigenvalue weighted by atomic mass is 35.5. The van der Waals surface area contributed by atoms with Crippen LogP contribution >= 0.6 is 23.2 Å². The predicted octanol–water partition coefficient (Wildman–Crippen LogP) is 4.48. The molecule has 2 aromatic heterocycles. The molecule has 4 aromatic rings. The molecule has 4 heterocycles. The van der Waals surface area contributed by atoms with E-state index in [2.05, 4.69) is 14.8 Å². The number of carbonyl (C=O) groups excluding carboxylic acids is 1. The summed E-state index contributed by atoms with van der Waals surface area (Å²) in [7, 11) is 3.15. The molecule has 2 N–H and O–H groups in total. The Kier molecular flexibility index (Phi) is 9.84. The number of fused-ring (bicyclic) bond motifs is 1. The van der Waals surface area contributed by atoms with Gasteiger partial charge in [0.25, 0.3) is 0 Å². The van der Waals surface area contributed by atoms with Gasteiger partial charge in [-0.1, -0.05) is 59.6 Å². The number of β-amino-alcohol motifs (C(OH)–C–C–N with tert-alkyl or cyclic N) is 2. The zero-order chi connectivity index (χ0) is 32.4. The highest BCUT2D eigenvalue weighted by Crippen LogP contribution is 2.40. The third-order valence-electron chi connectivity index (χ3n) is 8.45. The zero-order valence-electron chi connectivity index (χ0n) is 25.7. The number of Topliss-reactive ketones (excluding diaryl/α,β-unsaturated/α-hetero) is 1. The monoisotopic (exact) mass is 663 g/mol. The van der Waals surface area contributed by atoms with E-state index < -0.39 is 0 Å². The lowest BCUT2D eigenvalue weighted by molar-refractivity contribution is -0.00403. The number of ketones is 1. The number of benzene rings is 2. The number of pyridine rings is 1. The summed E-state index contributed by atoms with van der Waals surface area (Å²) in [5.74, 6) is 0.856. The maximum Gasteiger partial charge on any atom is 0.237 e. The van der Waals surface area contributed by atoms with Crippen molar-refractivity contribution in [1.82, 2.24) is 24.8 Å². The van der Waals surface area contributed by atoms with Gasteiger partial charge in [-0.2, -0.15) is 0 Å². The molecule has 0 atom stereocenters. The molecule has 6 rings (SSSR count). The molecule has 1 fully saturated rings. The first-order chi connectivity index (χ1) is 22.3. The molecule has 46 heavy (non-hydrogen) atoms. The van der Waals surface area contributed by atoms with Crippen LogP contribution in [-0.4, -0.2) is 93.9 Å². The van der Waals surface area contributed by atoms with Gasteiger partial charge in [0.1, 0.15) is 17.1 Å². The molecule has 0 spiro atoms. The van der Waals surface area contributed by atoms with E-state index in [9.17, 15) is 15.0 Å². The van der Waals surface area contributed by atoms with Crippen LogP contribution in [0.2, 0.25) is 10.0 Å².